The van der Waals surface area contributed by atoms with Crippen LogP contribution >= 0.6 is 0 Å². The van der Waals surface area contributed by atoms with E-state index in [0.717, 1.165) is 44.6 Å². The summed E-state index contributed by atoms with van der Waals surface area (Å²) < 4.78 is 17.3. The zero-order valence-electron chi connectivity index (χ0n) is 17.1. The zero-order valence-corrected chi connectivity index (χ0v) is 17.1. The Balaban J connectivity index is 1.21. The van der Waals surface area contributed by atoms with Gasteiger partial charge >= 0.3 is 5.97 Å². The highest BCUT2D eigenvalue weighted by Gasteiger charge is 2.64. The minimum atomic E-state index is -0.0154. The maximum atomic E-state index is 12.7. The summed E-state index contributed by atoms with van der Waals surface area (Å²) in [4.78, 5) is 12.7. The Hall–Kier alpha value is -1.33. The lowest BCUT2D eigenvalue weighted by Gasteiger charge is -2.51. The minimum Gasteiger partial charge on any atom is -0.469 e. The minimum absolute atomic E-state index is 0.00810. The van der Waals surface area contributed by atoms with Crippen LogP contribution in [0.1, 0.15) is 58.1 Å². The van der Waals surface area contributed by atoms with Crippen LogP contribution in [-0.2, 0) is 20.7 Å². The number of epoxide rings is 1. The number of nitrogens with one attached hydrogen (secondary N) is 1. The topological polar surface area (TPSA) is 64.0 Å². The van der Waals surface area contributed by atoms with E-state index in [2.05, 4.69) is 19.2 Å². The molecule has 2 aliphatic carbocycles. The number of carbonyl (C=O) groups is 1. The zero-order chi connectivity index (χ0) is 19.4. The van der Waals surface area contributed by atoms with Crippen molar-refractivity contribution in [3.8, 4) is 0 Å². The van der Waals surface area contributed by atoms with Crippen LogP contribution in [-0.4, -0.2) is 36.9 Å². The van der Waals surface area contributed by atoms with E-state index in [9.17, 15) is 4.79 Å². The van der Waals surface area contributed by atoms with E-state index >= 15 is 0 Å². The third-order valence-electron chi connectivity index (χ3n) is 8.17. The largest absolute Gasteiger partial charge is 0.469 e. The summed E-state index contributed by atoms with van der Waals surface area (Å²) >= 11 is 0. The van der Waals surface area contributed by atoms with E-state index < -0.39 is 0 Å². The average molecular weight is 388 g/mol. The van der Waals surface area contributed by atoms with Crippen LogP contribution in [0.4, 0.5) is 0 Å². The second kappa shape index (κ2) is 6.88. The maximum Gasteiger partial charge on any atom is 0.310 e. The smallest absolute Gasteiger partial charge is 0.310 e. The lowest BCUT2D eigenvalue weighted by molar-refractivity contribution is -0.147. The number of carbonyl (C=O) groups excluding carboxylic acids is 1. The van der Waals surface area contributed by atoms with Gasteiger partial charge in [-0.05, 0) is 68.9 Å². The highest BCUT2D eigenvalue weighted by molar-refractivity contribution is 5.75. The molecular formula is C23H33NO4. The number of fused-ring (bicyclic) bond motifs is 3. The second-order valence-corrected chi connectivity index (χ2v) is 10.0. The predicted molar refractivity (Wildman–Crippen MR) is 105 cm³/mol. The third-order valence-corrected chi connectivity index (χ3v) is 8.17. The summed E-state index contributed by atoms with van der Waals surface area (Å²) in [5.74, 6) is 1.94. The fourth-order valence-electron chi connectivity index (χ4n) is 6.43. The van der Waals surface area contributed by atoms with Crippen molar-refractivity contribution in [2.24, 2.45) is 23.2 Å². The van der Waals surface area contributed by atoms with Gasteiger partial charge in [-0.15, -0.1) is 0 Å². The molecule has 0 unspecified atom stereocenters. The molecule has 2 saturated carbocycles. The van der Waals surface area contributed by atoms with Crippen LogP contribution in [0.2, 0.25) is 0 Å². The Morgan fingerprint density at radius 2 is 2.21 bits per heavy atom. The summed E-state index contributed by atoms with van der Waals surface area (Å²) in [5.41, 5.74) is 0.396. The molecule has 2 saturated heterocycles. The molecule has 4 fully saturated rings. The molecule has 5 rings (SSSR count). The van der Waals surface area contributed by atoms with E-state index in [0.29, 0.717) is 17.9 Å². The van der Waals surface area contributed by atoms with Crippen molar-refractivity contribution in [3.05, 3.63) is 24.2 Å². The lowest BCUT2D eigenvalue weighted by atomic mass is 9.53. The van der Waals surface area contributed by atoms with Crippen molar-refractivity contribution in [2.45, 2.75) is 76.5 Å². The quantitative estimate of drug-likeness (QED) is 0.595. The fraction of sp³-hybridized carbons (Fsp3) is 0.783. The number of esters is 1. The standard InChI is InChI=1S/C23H33NO4/c1-15(6-7-16-5-3-10-26-16)24-13-18-17-11-20-22(2,12-19(17)28-21(18)25)8-4-9-23(20)14-27-23/h3,5,10,15,17-20,24H,4,6-9,11-14H2,1-2H3/t15-,17+,18-,19+,20+,22+,23+/m0/s1. The molecule has 0 radical (unpaired) electrons. The molecule has 7 atom stereocenters. The lowest BCUT2D eigenvalue weighted by Crippen LogP contribution is -2.51. The van der Waals surface area contributed by atoms with E-state index in [4.69, 9.17) is 13.9 Å². The van der Waals surface area contributed by atoms with E-state index in [1.165, 1.54) is 19.3 Å². The van der Waals surface area contributed by atoms with Gasteiger partial charge in [0.15, 0.2) is 0 Å². The number of rotatable bonds is 6. The molecule has 0 amide bonds. The number of furan rings is 1. The van der Waals surface area contributed by atoms with Gasteiger partial charge in [0.2, 0.25) is 0 Å². The van der Waals surface area contributed by atoms with Gasteiger partial charge in [0.1, 0.15) is 11.9 Å². The molecule has 0 bridgehead atoms. The summed E-state index contributed by atoms with van der Waals surface area (Å²) in [6.45, 7) is 6.24. The highest BCUT2D eigenvalue weighted by atomic mass is 16.6. The molecule has 0 aromatic carbocycles. The van der Waals surface area contributed by atoms with Gasteiger partial charge in [0.05, 0.1) is 24.4 Å². The molecule has 4 aliphatic rings. The van der Waals surface area contributed by atoms with E-state index in [-0.39, 0.29) is 29.0 Å². The first kappa shape index (κ1) is 18.7. The molecule has 3 heterocycles. The van der Waals surface area contributed by atoms with E-state index in [1.807, 2.05) is 12.1 Å². The molecule has 2 aliphatic heterocycles. The van der Waals surface area contributed by atoms with Gasteiger partial charge in [-0.25, -0.2) is 0 Å². The molecule has 28 heavy (non-hydrogen) atoms. The summed E-state index contributed by atoms with van der Waals surface area (Å²) in [7, 11) is 0. The van der Waals surface area contributed by atoms with Crippen molar-refractivity contribution in [1.82, 2.24) is 5.32 Å². The third kappa shape index (κ3) is 3.21. The Morgan fingerprint density at radius 3 is 2.96 bits per heavy atom. The van der Waals surface area contributed by atoms with Crippen LogP contribution < -0.4 is 5.32 Å². The van der Waals surface area contributed by atoms with Gasteiger partial charge in [-0.3, -0.25) is 4.79 Å². The number of hydrogen-bond acceptors (Lipinski definition) is 5. The Morgan fingerprint density at radius 1 is 1.36 bits per heavy atom. The second-order valence-electron chi connectivity index (χ2n) is 10.0. The van der Waals surface area contributed by atoms with Crippen LogP contribution in [0.5, 0.6) is 0 Å². The fourth-order valence-corrected chi connectivity index (χ4v) is 6.43. The predicted octanol–water partition coefficient (Wildman–Crippen LogP) is 3.72. The first-order valence-corrected chi connectivity index (χ1v) is 11.1. The van der Waals surface area contributed by atoms with Crippen molar-refractivity contribution >= 4 is 5.97 Å². The van der Waals surface area contributed by atoms with Gasteiger partial charge in [-0.1, -0.05) is 6.92 Å². The SMILES string of the molecule is C[C@@H](CCc1ccco1)NC[C@@H]1C(=O)O[C@@H]2C[C@@]3(C)CCC[C@@]4(CO4)[C@@H]3C[C@H]12. The molecule has 154 valence electrons. The molecule has 1 N–H and O–H groups in total. The summed E-state index contributed by atoms with van der Waals surface area (Å²) in [6, 6.07) is 4.30. The Kier molecular flexibility index (Phi) is 4.59. The average Bonchev–Trinajstić information content (AvgIpc) is 3.11. The van der Waals surface area contributed by atoms with Gasteiger partial charge < -0.3 is 19.2 Å². The van der Waals surface area contributed by atoms with Crippen LogP contribution in [0.3, 0.4) is 0 Å². The highest BCUT2D eigenvalue weighted by Crippen LogP contribution is 2.62. The van der Waals surface area contributed by atoms with Gasteiger partial charge in [-0.2, -0.15) is 0 Å². The molecule has 5 heteroatoms. The number of aryl methyl sites for hydroxylation is 1. The number of ether oxygens (including phenoxy) is 2. The van der Waals surface area contributed by atoms with Crippen LogP contribution in [0, 0.1) is 23.2 Å². The summed E-state index contributed by atoms with van der Waals surface area (Å²) in [5, 5.41) is 3.59. The van der Waals surface area contributed by atoms with Crippen molar-refractivity contribution < 1.29 is 18.7 Å². The van der Waals surface area contributed by atoms with E-state index in [1.54, 1.807) is 6.26 Å². The van der Waals surface area contributed by atoms with Gasteiger partial charge in [0.25, 0.3) is 0 Å². The van der Waals surface area contributed by atoms with Crippen molar-refractivity contribution in [1.29, 1.82) is 0 Å². The monoisotopic (exact) mass is 387 g/mol. The Bertz CT molecular complexity index is 712. The molecular weight excluding hydrogens is 354 g/mol. The Labute approximate surface area is 167 Å². The maximum absolute atomic E-state index is 12.7. The van der Waals surface area contributed by atoms with Crippen molar-refractivity contribution in [2.75, 3.05) is 13.2 Å². The molecule has 5 nitrogen and oxygen atoms in total. The first-order chi connectivity index (χ1) is 13.5. The van der Waals surface area contributed by atoms with Crippen LogP contribution in [0.25, 0.3) is 0 Å². The molecule has 1 aromatic heterocycles. The first-order valence-electron chi connectivity index (χ1n) is 11.1. The van der Waals surface area contributed by atoms with Gasteiger partial charge in [0, 0.05) is 24.9 Å². The molecule has 1 spiro atoms. The number of hydrogen-bond donors (Lipinski definition) is 1. The molecule has 1 aromatic rings. The van der Waals surface area contributed by atoms with Crippen molar-refractivity contribution in [3.63, 3.8) is 0 Å². The van der Waals surface area contributed by atoms with Crippen LogP contribution in [0.15, 0.2) is 22.8 Å². The summed E-state index contributed by atoms with van der Waals surface area (Å²) in [6.07, 6.45) is 9.54. The normalized spacial score (nSPS) is 42.7.